The lowest BCUT2D eigenvalue weighted by molar-refractivity contribution is -0.137. The molecule has 19 heavy (non-hydrogen) atoms. The van der Waals surface area contributed by atoms with Crippen LogP contribution in [0.25, 0.3) is 0 Å². The lowest BCUT2D eigenvalue weighted by Gasteiger charge is -2.27. The van der Waals surface area contributed by atoms with Crippen molar-refractivity contribution in [3.8, 4) is 11.5 Å². The van der Waals surface area contributed by atoms with E-state index in [9.17, 15) is 4.79 Å². The zero-order chi connectivity index (χ0) is 13.9. The highest BCUT2D eigenvalue weighted by Gasteiger charge is 2.31. The lowest BCUT2D eigenvalue weighted by Crippen LogP contribution is -2.23. The van der Waals surface area contributed by atoms with Crippen LogP contribution in [0.5, 0.6) is 11.5 Å². The van der Waals surface area contributed by atoms with Crippen molar-refractivity contribution in [1.82, 2.24) is 0 Å². The first-order valence-corrected chi connectivity index (χ1v) is 6.84. The monoisotopic (exact) mass is 282 g/mol. The molecule has 0 amide bonds. The SMILES string of the molecule is CCCCC(S)(CC(=O)O)c1ccc2c(c1)OCO2. The first kappa shape index (κ1) is 14.1. The molecule has 104 valence electrons. The Bertz CT molecular complexity index is 475. The van der Waals surface area contributed by atoms with Gasteiger partial charge in [0, 0.05) is 4.75 Å². The third-order valence-electron chi connectivity index (χ3n) is 3.30. The van der Waals surface area contributed by atoms with Gasteiger partial charge in [0.2, 0.25) is 6.79 Å². The Morgan fingerprint density at radius 3 is 2.84 bits per heavy atom. The van der Waals surface area contributed by atoms with E-state index in [4.69, 9.17) is 14.6 Å². The van der Waals surface area contributed by atoms with Crippen molar-refractivity contribution < 1.29 is 19.4 Å². The fourth-order valence-electron chi connectivity index (χ4n) is 2.24. The van der Waals surface area contributed by atoms with Gasteiger partial charge >= 0.3 is 5.97 Å². The number of hydrogen-bond donors (Lipinski definition) is 2. The van der Waals surface area contributed by atoms with Gasteiger partial charge in [0.15, 0.2) is 11.5 Å². The fraction of sp³-hybridized carbons (Fsp3) is 0.500. The number of benzene rings is 1. The molecule has 0 spiro atoms. The molecule has 1 aromatic carbocycles. The fourth-order valence-corrected chi connectivity index (χ4v) is 2.67. The van der Waals surface area contributed by atoms with Crippen LogP contribution in [0.3, 0.4) is 0 Å². The van der Waals surface area contributed by atoms with E-state index in [-0.39, 0.29) is 13.2 Å². The van der Waals surface area contributed by atoms with Gasteiger partial charge in [0.05, 0.1) is 6.42 Å². The predicted octanol–water partition coefficient (Wildman–Crippen LogP) is 3.21. The molecule has 5 heteroatoms. The van der Waals surface area contributed by atoms with Crippen LogP contribution in [0.1, 0.15) is 38.2 Å². The van der Waals surface area contributed by atoms with Crippen molar-refractivity contribution in [3.05, 3.63) is 23.8 Å². The molecule has 1 heterocycles. The first-order chi connectivity index (χ1) is 9.05. The summed E-state index contributed by atoms with van der Waals surface area (Å²) in [6, 6.07) is 5.53. The third-order valence-corrected chi connectivity index (χ3v) is 3.94. The number of carboxylic acids is 1. The van der Waals surface area contributed by atoms with Gasteiger partial charge in [-0.15, -0.1) is 0 Å². The summed E-state index contributed by atoms with van der Waals surface area (Å²) < 4.78 is 9.94. The van der Waals surface area contributed by atoms with Gasteiger partial charge in [-0.2, -0.15) is 12.6 Å². The molecule has 1 aliphatic heterocycles. The van der Waals surface area contributed by atoms with Gasteiger partial charge < -0.3 is 14.6 Å². The molecule has 4 nitrogen and oxygen atoms in total. The van der Waals surface area contributed by atoms with Crippen molar-refractivity contribution in [2.24, 2.45) is 0 Å². The highest BCUT2D eigenvalue weighted by molar-refractivity contribution is 7.81. The Morgan fingerprint density at radius 2 is 2.16 bits per heavy atom. The largest absolute Gasteiger partial charge is 0.481 e. The molecule has 2 rings (SSSR count). The smallest absolute Gasteiger partial charge is 0.305 e. The van der Waals surface area contributed by atoms with E-state index >= 15 is 0 Å². The van der Waals surface area contributed by atoms with Crippen molar-refractivity contribution in [3.63, 3.8) is 0 Å². The summed E-state index contributed by atoms with van der Waals surface area (Å²) >= 11 is 4.65. The van der Waals surface area contributed by atoms with E-state index in [0.717, 1.165) is 24.8 Å². The van der Waals surface area contributed by atoms with Crippen LogP contribution >= 0.6 is 12.6 Å². The van der Waals surface area contributed by atoms with Gasteiger partial charge in [-0.25, -0.2) is 0 Å². The number of unbranched alkanes of at least 4 members (excludes halogenated alkanes) is 1. The number of carboxylic acid groups (broad SMARTS) is 1. The topological polar surface area (TPSA) is 55.8 Å². The number of thiol groups is 1. The predicted molar refractivity (Wildman–Crippen MR) is 75.0 cm³/mol. The molecular weight excluding hydrogens is 264 g/mol. The normalized spacial score (nSPS) is 16.1. The maximum absolute atomic E-state index is 11.1. The zero-order valence-corrected chi connectivity index (χ0v) is 11.8. The summed E-state index contributed by atoms with van der Waals surface area (Å²) in [6.07, 6.45) is 2.66. The molecule has 1 unspecified atom stereocenters. The van der Waals surface area contributed by atoms with Crippen molar-refractivity contribution in [1.29, 1.82) is 0 Å². The van der Waals surface area contributed by atoms with Crippen LogP contribution in [0.15, 0.2) is 18.2 Å². The Kier molecular flexibility index (Phi) is 4.24. The second kappa shape index (κ2) is 5.74. The van der Waals surface area contributed by atoms with Crippen molar-refractivity contribution in [2.75, 3.05) is 6.79 Å². The second-order valence-corrected chi connectivity index (χ2v) is 5.63. The van der Waals surface area contributed by atoms with Gasteiger partial charge in [-0.3, -0.25) is 4.79 Å². The number of fused-ring (bicyclic) bond motifs is 1. The molecule has 0 bridgehead atoms. The molecule has 0 aliphatic carbocycles. The maximum Gasteiger partial charge on any atom is 0.305 e. The molecule has 0 fully saturated rings. The zero-order valence-electron chi connectivity index (χ0n) is 10.9. The maximum atomic E-state index is 11.1. The van der Waals surface area contributed by atoms with E-state index in [1.807, 2.05) is 18.2 Å². The van der Waals surface area contributed by atoms with Gasteiger partial charge in [-0.05, 0) is 24.1 Å². The highest BCUT2D eigenvalue weighted by atomic mass is 32.1. The quantitative estimate of drug-likeness (QED) is 0.787. The van der Waals surface area contributed by atoms with Crippen molar-refractivity contribution >= 4 is 18.6 Å². The molecule has 1 atom stereocenters. The molecule has 1 N–H and O–H groups in total. The van der Waals surface area contributed by atoms with Gasteiger partial charge in [0.1, 0.15) is 0 Å². The van der Waals surface area contributed by atoms with Crippen LogP contribution < -0.4 is 9.47 Å². The molecular formula is C14H18O4S. The summed E-state index contributed by atoms with van der Waals surface area (Å²) in [4.78, 5) is 11.1. The van der Waals surface area contributed by atoms with Crippen LogP contribution in [-0.4, -0.2) is 17.9 Å². The summed E-state index contributed by atoms with van der Waals surface area (Å²) in [7, 11) is 0. The number of rotatable bonds is 6. The lowest BCUT2D eigenvalue weighted by atomic mass is 9.89. The number of aliphatic carboxylic acids is 1. The summed E-state index contributed by atoms with van der Waals surface area (Å²) in [5.74, 6) is 0.520. The molecule has 1 aromatic rings. The van der Waals surface area contributed by atoms with E-state index in [0.29, 0.717) is 11.5 Å². The summed E-state index contributed by atoms with van der Waals surface area (Å²) in [6.45, 7) is 2.29. The molecule has 0 saturated carbocycles. The van der Waals surface area contributed by atoms with Crippen molar-refractivity contribution in [2.45, 2.75) is 37.4 Å². The minimum atomic E-state index is -0.844. The van der Waals surface area contributed by atoms with E-state index in [1.54, 1.807) is 0 Å². The number of carbonyl (C=O) groups is 1. The van der Waals surface area contributed by atoms with E-state index in [1.165, 1.54) is 0 Å². The minimum absolute atomic E-state index is 0.00421. The van der Waals surface area contributed by atoms with Crippen LogP contribution in [-0.2, 0) is 9.54 Å². The van der Waals surface area contributed by atoms with E-state index in [2.05, 4.69) is 19.6 Å². The summed E-state index contributed by atoms with van der Waals surface area (Å²) in [5.41, 5.74) is 0.871. The molecule has 0 radical (unpaired) electrons. The molecule has 1 aliphatic rings. The average molecular weight is 282 g/mol. The number of ether oxygens (including phenoxy) is 2. The Labute approximate surface area is 118 Å². The standard InChI is InChI=1S/C14H18O4S/c1-2-3-6-14(19,8-13(15)16)10-4-5-11-12(7-10)18-9-17-11/h4-5,7,19H,2-3,6,8-9H2,1H3,(H,15,16). The number of hydrogen-bond acceptors (Lipinski definition) is 4. The van der Waals surface area contributed by atoms with Crippen LogP contribution in [0.2, 0.25) is 0 Å². The van der Waals surface area contributed by atoms with Crippen LogP contribution in [0.4, 0.5) is 0 Å². The molecule has 0 aromatic heterocycles. The Balaban J connectivity index is 2.29. The third kappa shape index (κ3) is 3.15. The summed E-state index contributed by atoms with van der Waals surface area (Å²) in [5, 5.41) is 9.10. The highest BCUT2D eigenvalue weighted by Crippen LogP contribution is 2.42. The van der Waals surface area contributed by atoms with Gasteiger partial charge in [-0.1, -0.05) is 25.8 Å². The Morgan fingerprint density at radius 1 is 1.42 bits per heavy atom. The minimum Gasteiger partial charge on any atom is -0.481 e. The average Bonchev–Trinajstić information content (AvgIpc) is 2.82. The van der Waals surface area contributed by atoms with E-state index < -0.39 is 10.7 Å². The van der Waals surface area contributed by atoms with Crippen LogP contribution in [0, 0.1) is 0 Å². The second-order valence-electron chi connectivity index (χ2n) is 4.77. The Hall–Kier alpha value is -1.36. The first-order valence-electron chi connectivity index (χ1n) is 6.39. The molecule has 0 saturated heterocycles. The van der Waals surface area contributed by atoms with Gasteiger partial charge in [0.25, 0.3) is 0 Å².